The lowest BCUT2D eigenvalue weighted by Crippen LogP contribution is -2.50. The number of quaternary nitrogens is 1. The zero-order chi connectivity index (χ0) is 7.33. The average molecular weight is 154 g/mol. The minimum atomic E-state index is -3.72. The first-order valence-corrected chi connectivity index (χ1v) is 4.70. The minimum absolute atomic E-state index is 0.00250. The van der Waals surface area contributed by atoms with Crippen molar-refractivity contribution in [3.8, 4) is 0 Å². The van der Waals surface area contributed by atoms with E-state index in [0.29, 0.717) is 6.42 Å². The lowest BCUT2D eigenvalue weighted by Gasteiger charge is -2.13. The maximum atomic E-state index is 10.2. The molecule has 5 heteroatoms. The highest BCUT2D eigenvalue weighted by Gasteiger charge is 2.16. The lowest BCUT2D eigenvalue weighted by atomic mass is 10.3. The third-order valence-electron chi connectivity index (χ3n) is 0.949. The van der Waals surface area contributed by atoms with E-state index in [9.17, 15) is 4.89 Å². The van der Waals surface area contributed by atoms with Gasteiger partial charge in [-0.25, -0.2) is 9.79 Å². The highest BCUT2D eigenvalue weighted by Crippen LogP contribution is 2.39. The van der Waals surface area contributed by atoms with E-state index >= 15 is 0 Å². The molecule has 0 radical (unpaired) electrons. The van der Waals surface area contributed by atoms with Crippen molar-refractivity contribution in [2.24, 2.45) is 0 Å². The predicted octanol–water partition coefficient (Wildman–Crippen LogP) is -1.88. The number of unbranched alkanes of at least 4 members (excludes halogenated alkanes) is 1. The van der Waals surface area contributed by atoms with Gasteiger partial charge in [0, 0.05) is 0 Å². The largest absolute Gasteiger partial charge is 0.632 e. The van der Waals surface area contributed by atoms with E-state index in [1.54, 1.807) is 0 Å². The van der Waals surface area contributed by atoms with Crippen molar-refractivity contribution in [1.82, 2.24) is 0 Å². The first-order valence-electron chi connectivity index (χ1n) is 2.90. The summed E-state index contributed by atoms with van der Waals surface area (Å²) in [7, 11) is -3.72. The van der Waals surface area contributed by atoms with E-state index in [0.717, 1.165) is 13.0 Å². The Kier molecular flexibility index (Phi) is 4.27. The molecule has 0 heterocycles. The van der Waals surface area contributed by atoms with Crippen LogP contribution in [0.5, 0.6) is 0 Å². The van der Waals surface area contributed by atoms with Gasteiger partial charge >= 0.3 is 0 Å². The predicted molar refractivity (Wildman–Crippen MR) is 33.2 cm³/mol. The molecule has 5 N–H and O–H groups in total. The smallest absolute Gasteiger partial charge is 0.230 e. The van der Waals surface area contributed by atoms with Crippen LogP contribution in [0.3, 0.4) is 0 Å². The quantitative estimate of drug-likeness (QED) is 0.327. The van der Waals surface area contributed by atoms with Gasteiger partial charge in [-0.05, 0) is 12.8 Å². The summed E-state index contributed by atoms with van der Waals surface area (Å²) in [6.07, 6.45) is 1.38. The Morgan fingerprint density at radius 1 is 1.33 bits per heavy atom. The van der Waals surface area contributed by atoms with Crippen LogP contribution in [0, 0.1) is 0 Å². The van der Waals surface area contributed by atoms with E-state index in [-0.39, 0.29) is 6.16 Å². The zero-order valence-electron chi connectivity index (χ0n) is 5.29. The molecular formula is C4H13NO3P+. The van der Waals surface area contributed by atoms with Crippen LogP contribution in [-0.4, -0.2) is 22.5 Å². The first kappa shape index (κ1) is 9.27. The topological polar surface area (TPSA) is 91.2 Å². The van der Waals surface area contributed by atoms with Gasteiger partial charge in [0.1, 0.15) is 6.16 Å². The Bertz CT molecular complexity index is 72.7. The van der Waals surface area contributed by atoms with Crippen molar-refractivity contribution in [2.75, 3.05) is 12.7 Å². The van der Waals surface area contributed by atoms with Gasteiger partial charge in [0.2, 0.25) is 7.94 Å². The molecule has 0 bridgehead atoms. The van der Waals surface area contributed by atoms with Crippen molar-refractivity contribution in [3.63, 3.8) is 0 Å². The summed E-state index contributed by atoms with van der Waals surface area (Å²) in [6, 6.07) is 0. The van der Waals surface area contributed by atoms with Crippen LogP contribution in [-0.2, 0) is 0 Å². The van der Waals surface area contributed by atoms with Gasteiger partial charge < -0.3 is 10.6 Å². The fourth-order valence-corrected chi connectivity index (χ4v) is 1.13. The molecule has 0 aromatic rings. The maximum Gasteiger partial charge on any atom is 0.230 e. The summed E-state index contributed by atoms with van der Waals surface area (Å²) in [6.45, 7) is 0.750. The Morgan fingerprint density at radius 2 is 1.89 bits per heavy atom. The summed E-state index contributed by atoms with van der Waals surface area (Å²) in [5.41, 5.74) is 3.55. The third kappa shape index (κ3) is 8.27. The highest BCUT2D eigenvalue weighted by molar-refractivity contribution is 7.57. The van der Waals surface area contributed by atoms with Crippen LogP contribution in [0.1, 0.15) is 12.8 Å². The molecule has 0 spiro atoms. The van der Waals surface area contributed by atoms with Gasteiger partial charge in [0.15, 0.2) is 0 Å². The number of rotatable bonds is 4. The van der Waals surface area contributed by atoms with Gasteiger partial charge in [0.25, 0.3) is 0 Å². The molecule has 0 aliphatic heterocycles. The highest BCUT2D eigenvalue weighted by atomic mass is 31.2. The fraction of sp³-hybridized carbons (Fsp3) is 1.00. The van der Waals surface area contributed by atoms with E-state index in [1.165, 1.54) is 0 Å². The van der Waals surface area contributed by atoms with Crippen molar-refractivity contribution >= 4 is 7.94 Å². The minimum Gasteiger partial charge on any atom is -0.632 e. The second kappa shape index (κ2) is 4.14. The molecule has 0 aromatic heterocycles. The van der Waals surface area contributed by atoms with Crippen LogP contribution < -0.4 is 10.6 Å². The molecule has 9 heavy (non-hydrogen) atoms. The molecule has 0 fully saturated rings. The second-order valence-electron chi connectivity index (χ2n) is 1.95. The van der Waals surface area contributed by atoms with Crippen molar-refractivity contribution in [2.45, 2.75) is 12.8 Å². The van der Waals surface area contributed by atoms with Crippen LogP contribution >= 0.6 is 7.94 Å². The molecule has 56 valence electrons. The SMILES string of the molecule is [NH3+]CCCC[P+]([O-])(O)O. The maximum absolute atomic E-state index is 10.2. The summed E-state index contributed by atoms with van der Waals surface area (Å²) in [5.74, 6) is 0. The van der Waals surface area contributed by atoms with Crippen molar-refractivity contribution < 1.29 is 20.4 Å². The Labute approximate surface area is 54.9 Å². The summed E-state index contributed by atoms with van der Waals surface area (Å²) >= 11 is 0. The molecule has 0 saturated heterocycles. The van der Waals surface area contributed by atoms with Crippen LogP contribution in [0.4, 0.5) is 0 Å². The van der Waals surface area contributed by atoms with Crippen molar-refractivity contribution in [1.29, 1.82) is 0 Å². The van der Waals surface area contributed by atoms with E-state index in [2.05, 4.69) is 5.73 Å². The molecule has 0 aromatic carbocycles. The summed E-state index contributed by atoms with van der Waals surface area (Å²) in [5, 5.41) is 0. The summed E-state index contributed by atoms with van der Waals surface area (Å²) in [4.78, 5) is 26.9. The molecule has 0 rings (SSSR count). The monoisotopic (exact) mass is 154 g/mol. The first-order chi connectivity index (χ1) is 4.06. The average Bonchev–Trinajstić information content (AvgIpc) is 1.63. The molecule has 0 aliphatic rings. The Morgan fingerprint density at radius 3 is 2.22 bits per heavy atom. The number of hydrogen-bond donors (Lipinski definition) is 3. The van der Waals surface area contributed by atoms with Gasteiger partial charge in [0.05, 0.1) is 6.54 Å². The van der Waals surface area contributed by atoms with Crippen molar-refractivity contribution in [3.05, 3.63) is 0 Å². The fourth-order valence-electron chi connectivity index (χ4n) is 0.495. The normalized spacial score (nSPS) is 12.0. The summed E-state index contributed by atoms with van der Waals surface area (Å²) < 4.78 is 0. The van der Waals surface area contributed by atoms with Gasteiger partial charge in [-0.3, -0.25) is 0 Å². The van der Waals surface area contributed by atoms with E-state index in [4.69, 9.17) is 9.79 Å². The van der Waals surface area contributed by atoms with Gasteiger partial charge in [-0.1, -0.05) is 0 Å². The Hall–Kier alpha value is 0.270. The molecule has 0 atom stereocenters. The third-order valence-corrected chi connectivity index (χ3v) is 1.85. The van der Waals surface area contributed by atoms with Crippen LogP contribution in [0.2, 0.25) is 0 Å². The molecule has 0 unspecified atom stereocenters. The van der Waals surface area contributed by atoms with E-state index in [1.807, 2.05) is 0 Å². The molecule has 0 saturated carbocycles. The lowest BCUT2D eigenvalue weighted by molar-refractivity contribution is -0.368. The molecular weight excluding hydrogens is 141 g/mol. The standard InChI is InChI=1S/C4H12NO3P/c5-3-1-2-4-9(6,7)8/h1-5H2,(H2,6,7,8)/p+1. The molecule has 0 aliphatic carbocycles. The second-order valence-corrected chi connectivity index (χ2v) is 3.73. The zero-order valence-corrected chi connectivity index (χ0v) is 6.18. The van der Waals surface area contributed by atoms with E-state index < -0.39 is 7.94 Å². The molecule has 0 amide bonds. The van der Waals surface area contributed by atoms with Gasteiger partial charge in [-0.2, -0.15) is 0 Å². The van der Waals surface area contributed by atoms with Gasteiger partial charge in [-0.15, -0.1) is 0 Å². The van der Waals surface area contributed by atoms with Crippen LogP contribution in [0.15, 0.2) is 0 Å². The molecule has 4 nitrogen and oxygen atoms in total. The Balaban J connectivity index is 3.07. The number of hydrogen-bond acceptors (Lipinski definition) is 3. The van der Waals surface area contributed by atoms with Crippen LogP contribution in [0.25, 0.3) is 0 Å².